The smallest absolute Gasteiger partial charge is 0.247 e. The second kappa shape index (κ2) is 5.67. The number of aryl methyl sites for hydroxylation is 1. The van der Waals surface area contributed by atoms with E-state index in [4.69, 9.17) is 5.73 Å². The molecule has 0 saturated heterocycles. The van der Waals surface area contributed by atoms with Crippen molar-refractivity contribution in [2.45, 2.75) is 19.4 Å². The summed E-state index contributed by atoms with van der Waals surface area (Å²) in [6.45, 7) is 3.80. The highest BCUT2D eigenvalue weighted by atomic mass is 79.9. The van der Waals surface area contributed by atoms with Crippen LogP contribution in [0.5, 0.6) is 0 Å². The number of amides is 1. The SMILES string of the molecule is Cc1ccc(C(C)(Nc2cccc(Br)c2)C(N)=O)cc1. The molecule has 4 heteroatoms. The van der Waals surface area contributed by atoms with Crippen LogP contribution in [0.4, 0.5) is 5.69 Å². The third kappa shape index (κ3) is 3.02. The van der Waals surface area contributed by atoms with Crippen LogP contribution in [0.1, 0.15) is 18.1 Å². The van der Waals surface area contributed by atoms with Crippen molar-refractivity contribution in [2.24, 2.45) is 5.73 Å². The number of benzene rings is 2. The van der Waals surface area contributed by atoms with E-state index in [0.29, 0.717) is 0 Å². The molecule has 0 spiro atoms. The van der Waals surface area contributed by atoms with Crippen LogP contribution in [0.3, 0.4) is 0 Å². The Morgan fingerprint density at radius 2 is 1.85 bits per heavy atom. The fourth-order valence-electron chi connectivity index (χ4n) is 2.02. The van der Waals surface area contributed by atoms with Crippen molar-refractivity contribution in [2.75, 3.05) is 5.32 Å². The van der Waals surface area contributed by atoms with E-state index in [-0.39, 0.29) is 0 Å². The van der Waals surface area contributed by atoms with Gasteiger partial charge in [-0.3, -0.25) is 4.79 Å². The fourth-order valence-corrected chi connectivity index (χ4v) is 2.42. The Labute approximate surface area is 127 Å². The third-order valence-corrected chi connectivity index (χ3v) is 3.83. The average Bonchev–Trinajstić information content (AvgIpc) is 2.39. The van der Waals surface area contributed by atoms with Crippen molar-refractivity contribution in [1.82, 2.24) is 0 Å². The molecule has 3 N–H and O–H groups in total. The summed E-state index contributed by atoms with van der Waals surface area (Å²) in [6, 6.07) is 15.4. The Balaban J connectivity index is 2.39. The van der Waals surface area contributed by atoms with E-state index < -0.39 is 11.4 Å². The molecule has 20 heavy (non-hydrogen) atoms. The van der Waals surface area contributed by atoms with Crippen molar-refractivity contribution in [3.63, 3.8) is 0 Å². The molecule has 1 atom stereocenters. The van der Waals surface area contributed by atoms with Gasteiger partial charge < -0.3 is 11.1 Å². The highest BCUT2D eigenvalue weighted by molar-refractivity contribution is 9.10. The Morgan fingerprint density at radius 3 is 2.40 bits per heavy atom. The molecule has 0 heterocycles. The molecule has 0 aromatic heterocycles. The lowest BCUT2D eigenvalue weighted by atomic mass is 9.90. The van der Waals surface area contributed by atoms with E-state index in [1.165, 1.54) is 0 Å². The van der Waals surface area contributed by atoms with Crippen LogP contribution in [0, 0.1) is 6.92 Å². The lowest BCUT2D eigenvalue weighted by Crippen LogP contribution is -2.45. The number of hydrogen-bond acceptors (Lipinski definition) is 2. The highest BCUT2D eigenvalue weighted by Crippen LogP contribution is 2.27. The Hall–Kier alpha value is -1.81. The molecule has 0 aliphatic carbocycles. The first kappa shape index (κ1) is 14.6. The maximum absolute atomic E-state index is 11.9. The van der Waals surface area contributed by atoms with Gasteiger partial charge in [0.2, 0.25) is 5.91 Å². The van der Waals surface area contributed by atoms with Crippen LogP contribution < -0.4 is 11.1 Å². The molecule has 3 nitrogen and oxygen atoms in total. The molecule has 0 aliphatic heterocycles. The van der Waals surface area contributed by atoms with E-state index in [2.05, 4.69) is 21.2 Å². The summed E-state index contributed by atoms with van der Waals surface area (Å²) in [5, 5.41) is 3.23. The summed E-state index contributed by atoms with van der Waals surface area (Å²) >= 11 is 3.42. The van der Waals surface area contributed by atoms with Crippen molar-refractivity contribution in [3.8, 4) is 0 Å². The molecule has 2 rings (SSSR count). The first-order chi connectivity index (χ1) is 9.41. The molecule has 2 aromatic rings. The normalized spacial score (nSPS) is 13.6. The van der Waals surface area contributed by atoms with Gasteiger partial charge in [0.1, 0.15) is 5.54 Å². The molecule has 0 radical (unpaired) electrons. The van der Waals surface area contributed by atoms with Crippen LogP contribution in [0.25, 0.3) is 0 Å². The lowest BCUT2D eigenvalue weighted by Gasteiger charge is -2.29. The number of rotatable bonds is 4. The molecule has 0 saturated carbocycles. The Morgan fingerprint density at radius 1 is 1.20 bits per heavy atom. The summed E-state index contributed by atoms with van der Waals surface area (Å²) in [5.74, 6) is -0.415. The molecule has 1 amide bonds. The molecule has 2 aromatic carbocycles. The number of carbonyl (C=O) groups is 1. The van der Waals surface area contributed by atoms with E-state index >= 15 is 0 Å². The zero-order chi connectivity index (χ0) is 14.8. The van der Waals surface area contributed by atoms with Gasteiger partial charge in [0, 0.05) is 10.2 Å². The van der Waals surface area contributed by atoms with Crippen molar-refractivity contribution in [3.05, 3.63) is 64.1 Å². The summed E-state index contributed by atoms with van der Waals surface area (Å²) in [6.07, 6.45) is 0. The van der Waals surface area contributed by atoms with E-state index in [0.717, 1.165) is 21.3 Å². The molecule has 0 fully saturated rings. The van der Waals surface area contributed by atoms with Gasteiger partial charge in [-0.2, -0.15) is 0 Å². The van der Waals surface area contributed by atoms with E-state index in [1.807, 2.05) is 55.5 Å². The number of halogens is 1. The van der Waals surface area contributed by atoms with Gasteiger partial charge in [0.15, 0.2) is 0 Å². The topological polar surface area (TPSA) is 55.1 Å². The third-order valence-electron chi connectivity index (χ3n) is 3.34. The number of nitrogens with one attached hydrogen (secondary N) is 1. The van der Waals surface area contributed by atoms with Crippen molar-refractivity contribution in [1.29, 1.82) is 0 Å². The first-order valence-electron chi connectivity index (χ1n) is 6.32. The van der Waals surface area contributed by atoms with Crippen molar-refractivity contribution < 1.29 is 4.79 Å². The number of hydrogen-bond donors (Lipinski definition) is 2. The summed E-state index contributed by atoms with van der Waals surface area (Å²) in [5.41, 5.74) is 7.48. The van der Waals surface area contributed by atoms with E-state index in [1.54, 1.807) is 6.92 Å². The number of anilines is 1. The molecule has 104 valence electrons. The summed E-state index contributed by atoms with van der Waals surface area (Å²) in [4.78, 5) is 11.9. The van der Waals surface area contributed by atoms with Gasteiger partial charge in [-0.15, -0.1) is 0 Å². The summed E-state index contributed by atoms with van der Waals surface area (Å²) < 4.78 is 0.943. The zero-order valence-corrected chi connectivity index (χ0v) is 13.1. The monoisotopic (exact) mass is 332 g/mol. The van der Waals surface area contributed by atoms with Gasteiger partial charge in [0.25, 0.3) is 0 Å². The Kier molecular flexibility index (Phi) is 4.14. The molecular formula is C16H17BrN2O. The first-order valence-corrected chi connectivity index (χ1v) is 7.12. The van der Waals surface area contributed by atoms with Gasteiger partial charge in [-0.25, -0.2) is 0 Å². The minimum atomic E-state index is -0.950. The molecular weight excluding hydrogens is 316 g/mol. The number of carbonyl (C=O) groups excluding carboxylic acids is 1. The van der Waals surface area contributed by atoms with Crippen LogP contribution >= 0.6 is 15.9 Å². The summed E-state index contributed by atoms with van der Waals surface area (Å²) in [7, 11) is 0. The molecule has 0 bridgehead atoms. The van der Waals surface area contributed by atoms with Crippen LogP contribution in [-0.4, -0.2) is 5.91 Å². The predicted molar refractivity (Wildman–Crippen MR) is 85.5 cm³/mol. The highest BCUT2D eigenvalue weighted by Gasteiger charge is 2.33. The van der Waals surface area contributed by atoms with Gasteiger partial charge in [-0.05, 0) is 37.6 Å². The van der Waals surface area contributed by atoms with Gasteiger partial charge in [0.05, 0.1) is 0 Å². The van der Waals surface area contributed by atoms with E-state index in [9.17, 15) is 4.79 Å². The van der Waals surface area contributed by atoms with Crippen LogP contribution in [0.15, 0.2) is 53.0 Å². The standard InChI is InChI=1S/C16H17BrN2O/c1-11-6-8-12(9-7-11)16(2,15(18)20)19-14-5-3-4-13(17)10-14/h3-10,19H,1-2H3,(H2,18,20). The van der Waals surface area contributed by atoms with Gasteiger partial charge in [-0.1, -0.05) is 51.8 Å². The largest absolute Gasteiger partial charge is 0.368 e. The molecule has 0 aliphatic rings. The second-order valence-electron chi connectivity index (χ2n) is 4.99. The van der Waals surface area contributed by atoms with Gasteiger partial charge >= 0.3 is 0 Å². The number of primary amides is 1. The Bertz CT molecular complexity index is 625. The quantitative estimate of drug-likeness (QED) is 0.899. The predicted octanol–water partition coefficient (Wildman–Crippen LogP) is 3.57. The van der Waals surface area contributed by atoms with Crippen LogP contribution in [-0.2, 0) is 10.3 Å². The maximum atomic E-state index is 11.9. The minimum Gasteiger partial charge on any atom is -0.368 e. The lowest BCUT2D eigenvalue weighted by molar-refractivity contribution is -0.122. The average molecular weight is 333 g/mol. The second-order valence-corrected chi connectivity index (χ2v) is 5.91. The van der Waals surface area contributed by atoms with Crippen molar-refractivity contribution >= 4 is 27.5 Å². The number of nitrogens with two attached hydrogens (primary N) is 1. The van der Waals surface area contributed by atoms with Crippen LogP contribution in [0.2, 0.25) is 0 Å². The fraction of sp³-hybridized carbons (Fsp3) is 0.188. The maximum Gasteiger partial charge on any atom is 0.247 e. The minimum absolute atomic E-state index is 0.415. The molecule has 1 unspecified atom stereocenters. The zero-order valence-electron chi connectivity index (χ0n) is 11.5.